The predicted molar refractivity (Wildman–Crippen MR) is 75.3 cm³/mol. The number of nitrogens with zero attached hydrogens (tertiary/aromatic N) is 4. The molecule has 8 heteroatoms. The SMILES string of the molecule is Cc1nc(Sc2ccn3nccc3n2)sc1CC(=O)O. The van der Waals surface area contributed by atoms with E-state index in [0.29, 0.717) is 0 Å². The lowest BCUT2D eigenvalue weighted by Gasteiger charge is -1.97. The van der Waals surface area contributed by atoms with Crippen LogP contribution < -0.4 is 0 Å². The Bertz CT molecular complexity index is 781. The summed E-state index contributed by atoms with van der Waals surface area (Å²) in [5, 5.41) is 13.7. The second-order valence-electron chi connectivity index (χ2n) is 4.06. The fourth-order valence-electron chi connectivity index (χ4n) is 1.69. The second kappa shape index (κ2) is 5.22. The standard InChI is InChI=1S/C12H10N4O2S2/c1-7-8(6-11(17)18)19-12(14-7)20-10-3-5-16-9(15-10)2-4-13-16/h2-5H,6H2,1H3,(H,17,18). The lowest BCUT2D eigenvalue weighted by Crippen LogP contribution is -1.99. The summed E-state index contributed by atoms with van der Waals surface area (Å²) >= 11 is 2.83. The minimum absolute atomic E-state index is 0.0130. The summed E-state index contributed by atoms with van der Waals surface area (Å²) in [5.74, 6) is -0.841. The first-order chi connectivity index (χ1) is 9.61. The fraction of sp³-hybridized carbons (Fsp3) is 0.167. The van der Waals surface area contributed by atoms with E-state index in [1.165, 1.54) is 23.1 Å². The van der Waals surface area contributed by atoms with Crippen LogP contribution in [0.5, 0.6) is 0 Å². The first-order valence-corrected chi connectivity index (χ1v) is 7.41. The molecule has 20 heavy (non-hydrogen) atoms. The van der Waals surface area contributed by atoms with E-state index < -0.39 is 5.97 Å². The number of hydrogen-bond donors (Lipinski definition) is 1. The van der Waals surface area contributed by atoms with E-state index in [-0.39, 0.29) is 6.42 Å². The van der Waals surface area contributed by atoms with Crippen LogP contribution in [0.4, 0.5) is 0 Å². The van der Waals surface area contributed by atoms with E-state index in [0.717, 1.165) is 25.6 Å². The summed E-state index contributed by atoms with van der Waals surface area (Å²) in [6.07, 6.45) is 3.54. The number of thiazole rings is 1. The number of carboxylic acid groups (broad SMARTS) is 1. The molecule has 3 heterocycles. The largest absolute Gasteiger partial charge is 0.481 e. The van der Waals surface area contributed by atoms with Gasteiger partial charge in [-0.15, -0.1) is 11.3 Å². The van der Waals surface area contributed by atoms with Crippen LogP contribution in [0.3, 0.4) is 0 Å². The molecule has 0 unspecified atom stereocenters. The smallest absolute Gasteiger partial charge is 0.308 e. The van der Waals surface area contributed by atoms with Gasteiger partial charge in [-0.3, -0.25) is 4.79 Å². The molecule has 1 N–H and O–H groups in total. The third-order valence-corrected chi connectivity index (χ3v) is 4.76. The minimum atomic E-state index is -0.841. The van der Waals surface area contributed by atoms with E-state index in [4.69, 9.17) is 5.11 Å². The van der Waals surface area contributed by atoms with Crippen LogP contribution in [-0.4, -0.2) is 30.7 Å². The highest BCUT2D eigenvalue weighted by molar-refractivity contribution is 8.01. The zero-order valence-electron chi connectivity index (χ0n) is 10.5. The molecule has 0 radical (unpaired) electrons. The van der Waals surface area contributed by atoms with Crippen molar-refractivity contribution in [2.75, 3.05) is 0 Å². The van der Waals surface area contributed by atoms with Gasteiger partial charge in [-0.2, -0.15) is 5.10 Å². The van der Waals surface area contributed by atoms with E-state index in [1.54, 1.807) is 10.7 Å². The van der Waals surface area contributed by atoms with Gasteiger partial charge in [-0.25, -0.2) is 14.5 Å². The van der Waals surface area contributed by atoms with Crippen LogP contribution in [0, 0.1) is 6.92 Å². The average molecular weight is 306 g/mol. The maximum absolute atomic E-state index is 10.8. The number of carbonyl (C=O) groups is 1. The molecule has 0 saturated heterocycles. The van der Waals surface area contributed by atoms with E-state index in [1.807, 2.05) is 25.3 Å². The highest BCUT2D eigenvalue weighted by Gasteiger charge is 2.12. The Kier molecular flexibility index (Phi) is 3.41. The van der Waals surface area contributed by atoms with Crippen molar-refractivity contribution in [2.24, 2.45) is 0 Å². The maximum Gasteiger partial charge on any atom is 0.308 e. The summed E-state index contributed by atoms with van der Waals surface area (Å²) in [6.45, 7) is 1.83. The Morgan fingerprint density at radius 3 is 3.10 bits per heavy atom. The number of aliphatic carboxylic acids is 1. The Morgan fingerprint density at radius 1 is 1.45 bits per heavy atom. The van der Waals surface area contributed by atoms with Crippen LogP contribution in [0.2, 0.25) is 0 Å². The third kappa shape index (κ3) is 2.66. The van der Waals surface area contributed by atoms with Crippen molar-refractivity contribution in [3.8, 4) is 0 Å². The topological polar surface area (TPSA) is 80.4 Å². The van der Waals surface area contributed by atoms with Crippen LogP contribution >= 0.6 is 23.1 Å². The van der Waals surface area contributed by atoms with Crippen molar-refractivity contribution in [1.29, 1.82) is 0 Å². The van der Waals surface area contributed by atoms with Crippen molar-refractivity contribution in [1.82, 2.24) is 19.6 Å². The molecular formula is C12H10N4O2S2. The Hall–Kier alpha value is -1.93. The summed E-state index contributed by atoms with van der Waals surface area (Å²) in [4.78, 5) is 20.4. The molecule has 3 rings (SSSR count). The summed E-state index contributed by atoms with van der Waals surface area (Å²) < 4.78 is 2.49. The molecule has 0 saturated carbocycles. The highest BCUT2D eigenvalue weighted by atomic mass is 32.2. The lowest BCUT2D eigenvalue weighted by molar-refractivity contribution is -0.136. The number of fused-ring (bicyclic) bond motifs is 1. The number of rotatable bonds is 4. The minimum Gasteiger partial charge on any atom is -0.481 e. The third-order valence-electron chi connectivity index (χ3n) is 2.61. The lowest BCUT2D eigenvalue weighted by atomic mass is 10.3. The Morgan fingerprint density at radius 2 is 2.30 bits per heavy atom. The van der Waals surface area contributed by atoms with Crippen molar-refractivity contribution < 1.29 is 9.90 Å². The van der Waals surface area contributed by atoms with Crippen molar-refractivity contribution in [2.45, 2.75) is 22.7 Å². The Labute approximate surface area is 122 Å². The summed E-state index contributed by atoms with van der Waals surface area (Å²) in [7, 11) is 0. The van der Waals surface area contributed by atoms with Crippen molar-refractivity contribution >= 4 is 34.7 Å². The zero-order valence-corrected chi connectivity index (χ0v) is 12.1. The van der Waals surface area contributed by atoms with E-state index >= 15 is 0 Å². The molecule has 0 aliphatic heterocycles. The average Bonchev–Trinajstić information content (AvgIpc) is 2.96. The molecular weight excluding hydrogens is 296 g/mol. The van der Waals surface area contributed by atoms with E-state index in [2.05, 4.69) is 15.1 Å². The molecule has 0 atom stereocenters. The van der Waals surface area contributed by atoms with Gasteiger partial charge in [-0.05, 0) is 24.8 Å². The quantitative estimate of drug-likeness (QED) is 0.745. The summed E-state index contributed by atoms with van der Waals surface area (Å²) in [5.41, 5.74) is 1.54. The van der Waals surface area contributed by atoms with Gasteiger partial charge in [0.1, 0.15) is 5.03 Å². The second-order valence-corrected chi connectivity index (χ2v) is 6.41. The van der Waals surface area contributed by atoms with Crippen LogP contribution in [0.15, 0.2) is 33.9 Å². The fourth-order valence-corrected chi connectivity index (χ4v) is 3.82. The molecule has 0 aliphatic carbocycles. The van der Waals surface area contributed by atoms with Crippen LogP contribution in [0.1, 0.15) is 10.6 Å². The molecule has 0 aliphatic rings. The van der Waals surface area contributed by atoms with Gasteiger partial charge in [-0.1, -0.05) is 0 Å². The van der Waals surface area contributed by atoms with Crippen LogP contribution in [0.25, 0.3) is 5.65 Å². The first-order valence-electron chi connectivity index (χ1n) is 5.78. The first kappa shape index (κ1) is 13.1. The molecule has 0 bridgehead atoms. The normalized spacial score (nSPS) is 11.1. The van der Waals surface area contributed by atoms with Gasteiger partial charge in [0.25, 0.3) is 0 Å². The predicted octanol–water partition coefficient (Wildman–Crippen LogP) is 2.27. The van der Waals surface area contributed by atoms with Crippen LogP contribution in [-0.2, 0) is 11.2 Å². The maximum atomic E-state index is 10.8. The summed E-state index contributed by atoms with van der Waals surface area (Å²) in [6, 6.07) is 3.69. The van der Waals surface area contributed by atoms with Gasteiger partial charge >= 0.3 is 5.97 Å². The number of aromatic nitrogens is 4. The molecule has 6 nitrogen and oxygen atoms in total. The van der Waals surface area contributed by atoms with Gasteiger partial charge in [0, 0.05) is 17.1 Å². The number of hydrogen-bond acceptors (Lipinski definition) is 6. The monoisotopic (exact) mass is 306 g/mol. The highest BCUT2D eigenvalue weighted by Crippen LogP contribution is 2.32. The van der Waals surface area contributed by atoms with Crippen molar-refractivity contribution in [3.05, 3.63) is 35.1 Å². The molecule has 0 amide bonds. The van der Waals surface area contributed by atoms with Crippen molar-refractivity contribution in [3.63, 3.8) is 0 Å². The molecule has 0 fully saturated rings. The number of carboxylic acids is 1. The van der Waals surface area contributed by atoms with Gasteiger partial charge < -0.3 is 5.11 Å². The molecule has 3 aromatic heterocycles. The van der Waals surface area contributed by atoms with E-state index in [9.17, 15) is 4.79 Å². The molecule has 0 spiro atoms. The zero-order chi connectivity index (χ0) is 14.1. The number of aryl methyl sites for hydroxylation is 1. The Balaban J connectivity index is 1.84. The van der Waals surface area contributed by atoms with Gasteiger partial charge in [0.2, 0.25) is 0 Å². The molecule has 0 aromatic carbocycles. The van der Waals surface area contributed by atoms with Gasteiger partial charge in [0.15, 0.2) is 9.99 Å². The van der Waals surface area contributed by atoms with Gasteiger partial charge in [0.05, 0.1) is 18.3 Å². The molecule has 3 aromatic rings. The molecule has 102 valence electrons.